The summed E-state index contributed by atoms with van der Waals surface area (Å²) in [5, 5.41) is 12.9. The van der Waals surface area contributed by atoms with Crippen molar-refractivity contribution in [3.63, 3.8) is 0 Å². The van der Waals surface area contributed by atoms with Crippen LogP contribution in [0.15, 0.2) is 27.6 Å². The Kier molecular flexibility index (Phi) is 4.58. The number of aryl methyl sites for hydroxylation is 2. The average molecular weight is 338 g/mol. The molecule has 0 atom stereocenters. The maximum atomic E-state index is 12.8. The summed E-state index contributed by atoms with van der Waals surface area (Å²) >= 11 is 0. The first-order valence-electron chi connectivity index (χ1n) is 6.86. The van der Waals surface area contributed by atoms with Crippen LogP contribution in [-0.4, -0.2) is 36.0 Å². The van der Waals surface area contributed by atoms with Crippen molar-refractivity contribution < 1.29 is 22.8 Å². The summed E-state index contributed by atoms with van der Waals surface area (Å²) in [7, 11) is -2.43. The molecule has 0 saturated carbocycles. The third kappa shape index (κ3) is 3.43. The van der Waals surface area contributed by atoms with Gasteiger partial charge in [-0.15, -0.1) is 0 Å². The molecule has 0 bridgehead atoms. The fourth-order valence-electron chi connectivity index (χ4n) is 2.19. The zero-order chi connectivity index (χ0) is 17.4. The first kappa shape index (κ1) is 17.2. The summed E-state index contributed by atoms with van der Waals surface area (Å²) in [5.41, 5.74) is 1.56. The molecular weight excluding hydrogens is 320 g/mol. The Balaban J connectivity index is 2.44. The highest BCUT2D eigenvalue weighted by atomic mass is 32.2. The van der Waals surface area contributed by atoms with Crippen LogP contribution in [0.25, 0.3) is 0 Å². The number of sulfonamides is 1. The summed E-state index contributed by atoms with van der Waals surface area (Å²) < 4.78 is 31.6. The highest BCUT2D eigenvalue weighted by Gasteiger charge is 2.26. The van der Waals surface area contributed by atoms with Crippen LogP contribution in [0, 0.1) is 20.8 Å². The Labute approximate surface area is 134 Å². The second-order valence-corrected chi connectivity index (χ2v) is 7.42. The van der Waals surface area contributed by atoms with Gasteiger partial charge in [-0.1, -0.05) is 5.16 Å². The number of rotatable bonds is 5. The van der Waals surface area contributed by atoms with E-state index in [0.717, 1.165) is 4.31 Å². The van der Waals surface area contributed by atoms with Crippen LogP contribution < -0.4 is 0 Å². The lowest BCUT2D eigenvalue weighted by Gasteiger charge is -2.18. The monoisotopic (exact) mass is 338 g/mol. The van der Waals surface area contributed by atoms with Crippen LogP contribution in [0.2, 0.25) is 0 Å². The van der Waals surface area contributed by atoms with E-state index in [1.807, 2.05) is 0 Å². The number of benzene rings is 1. The van der Waals surface area contributed by atoms with Crippen LogP contribution in [0.4, 0.5) is 0 Å². The smallest absolute Gasteiger partial charge is 0.335 e. The zero-order valence-corrected chi connectivity index (χ0v) is 14.1. The van der Waals surface area contributed by atoms with Crippen LogP contribution in [0.5, 0.6) is 0 Å². The standard InChI is InChI=1S/C15H18N2O5S/c1-9-5-12(15(18)19)7-14(11(9)3)23(20,21)17(4)8-13-6-10(2)22-16-13/h5-7H,8H2,1-4H3,(H,18,19). The largest absolute Gasteiger partial charge is 0.478 e. The lowest BCUT2D eigenvalue weighted by atomic mass is 10.1. The molecule has 0 aliphatic carbocycles. The second kappa shape index (κ2) is 6.13. The number of nitrogens with zero attached hydrogens (tertiary/aromatic N) is 2. The molecule has 2 rings (SSSR count). The van der Waals surface area contributed by atoms with E-state index in [-0.39, 0.29) is 17.0 Å². The third-order valence-corrected chi connectivity index (χ3v) is 5.55. The van der Waals surface area contributed by atoms with E-state index in [0.29, 0.717) is 22.6 Å². The number of carbonyl (C=O) groups is 1. The molecule has 1 aromatic heterocycles. The van der Waals surface area contributed by atoms with Gasteiger partial charge in [0.15, 0.2) is 0 Å². The van der Waals surface area contributed by atoms with Crippen molar-refractivity contribution >= 4 is 16.0 Å². The van der Waals surface area contributed by atoms with Crippen molar-refractivity contribution in [3.05, 3.63) is 46.3 Å². The van der Waals surface area contributed by atoms with Gasteiger partial charge >= 0.3 is 5.97 Å². The molecule has 23 heavy (non-hydrogen) atoms. The molecule has 0 spiro atoms. The van der Waals surface area contributed by atoms with E-state index in [2.05, 4.69) is 5.16 Å². The first-order valence-corrected chi connectivity index (χ1v) is 8.30. The predicted octanol–water partition coefficient (Wildman–Crippen LogP) is 2.12. The summed E-state index contributed by atoms with van der Waals surface area (Å²) in [6.07, 6.45) is 0. The van der Waals surface area contributed by atoms with Crippen molar-refractivity contribution in [3.8, 4) is 0 Å². The van der Waals surface area contributed by atoms with Gasteiger partial charge in [-0.2, -0.15) is 4.31 Å². The molecule has 0 aliphatic rings. The molecule has 8 heteroatoms. The third-order valence-electron chi connectivity index (χ3n) is 3.62. The van der Waals surface area contributed by atoms with Crippen LogP contribution in [-0.2, 0) is 16.6 Å². The summed E-state index contributed by atoms with van der Waals surface area (Å²) in [6, 6.07) is 4.29. The zero-order valence-electron chi connectivity index (χ0n) is 13.3. The van der Waals surface area contributed by atoms with Gasteiger partial charge < -0.3 is 9.63 Å². The Hall–Kier alpha value is -2.19. The van der Waals surface area contributed by atoms with Gasteiger partial charge in [-0.3, -0.25) is 0 Å². The van der Waals surface area contributed by atoms with Crippen LogP contribution in [0.3, 0.4) is 0 Å². The number of aromatic nitrogens is 1. The molecule has 7 nitrogen and oxygen atoms in total. The van der Waals surface area contributed by atoms with E-state index >= 15 is 0 Å². The average Bonchev–Trinajstić information content (AvgIpc) is 2.86. The van der Waals surface area contributed by atoms with Gasteiger partial charge in [0.05, 0.1) is 22.7 Å². The minimum Gasteiger partial charge on any atom is -0.478 e. The van der Waals surface area contributed by atoms with Crippen molar-refractivity contribution in [2.45, 2.75) is 32.2 Å². The van der Waals surface area contributed by atoms with Gasteiger partial charge in [-0.05, 0) is 44.0 Å². The Bertz CT molecular complexity index is 855. The minimum atomic E-state index is -3.85. The molecule has 2 aromatic rings. The van der Waals surface area contributed by atoms with Gasteiger partial charge in [-0.25, -0.2) is 13.2 Å². The molecule has 0 fully saturated rings. The topological polar surface area (TPSA) is 101 Å². The SMILES string of the molecule is Cc1cc(CN(C)S(=O)(=O)c2cc(C(=O)O)cc(C)c2C)no1. The van der Waals surface area contributed by atoms with Gasteiger partial charge in [0.2, 0.25) is 10.0 Å². The molecular formula is C15H18N2O5S. The fraction of sp³-hybridized carbons (Fsp3) is 0.333. The highest BCUT2D eigenvalue weighted by molar-refractivity contribution is 7.89. The quantitative estimate of drug-likeness (QED) is 0.896. The maximum absolute atomic E-state index is 12.8. The number of carboxylic acids is 1. The number of aromatic carboxylic acids is 1. The summed E-state index contributed by atoms with van der Waals surface area (Å²) in [6.45, 7) is 5.09. The molecule has 0 radical (unpaired) electrons. The Morgan fingerprint density at radius 2 is 1.91 bits per heavy atom. The van der Waals surface area contributed by atoms with Crippen molar-refractivity contribution in [2.75, 3.05) is 7.05 Å². The first-order chi connectivity index (χ1) is 10.6. The fourth-order valence-corrected chi connectivity index (χ4v) is 3.65. The molecule has 124 valence electrons. The lowest BCUT2D eigenvalue weighted by Crippen LogP contribution is -2.27. The Morgan fingerprint density at radius 1 is 1.26 bits per heavy atom. The van der Waals surface area contributed by atoms with Crippen LogP contribution in [0.1, 0.15) is 32.9 Å². The molecule has 1 aromatic carbocycles. The molecule has 1 heterocycles. The highest BCUT2D eigenvalue weighted by Crippen LogP contribution is 2.25. The normalized spacial score (nSPS) is 11.9. The summed E-state index contributed by atoms with van der Waals surface area (Å²) in [5.74, 6) is -0.579. The van der Waals surface area contributed by atoms with E-state index in [4.69, 9.17) is 9.63 Å². The van der Waals surface area contributed by atoms with Gasteiger partial charge in [0.25, 0.3) is 0 Å². The number of hydrogen-bond acceptors (Lipinski definition) is 5. The van der Waals surface area contributed by atoms with E-state index < -0.39 is 16.0 Å². The maximum Gasteiger partial charge on any atom is 0.335 e. The molecule has 0 aliphatic heterocycles. The van der Waals surface area contributed by atoms with Crippen molar-refractivity contribution in [1.82, 2.24) is 9.46 Å². The lowest BCUT2D eigenvalue weighted by molar-refractivity contribution is 0.0696. The van der Waals surface area contributed by atoms with E-state index in [1.54, 1.807) is 26.8 Å². The number of hydrogen-bond donors (Lipinski definition) is 1. The van der Waals surface area contributed by atoms with Crippen molar-refractivity contribution in [1.29, 1.82) is 0 Å². The molecule has 0 saturated heterocycles. The summed E-state index contributed by atoms with van der Waals surface area (Å²) in [4.78, 5) is 11.2. The molecule has 1 N–H and O–H groups in total. The van der Waals surface area contributed by atoms with E-state index in [9.17, 15) is 13.2 Å². The Morgan fingerprint density at radius 3 is 2.43 bits per heavy atom. The van der Waals surface area contributed by atoms with Crippen LogP contribution >= 0.6 is 0 Å². The molecule has 0 amide bonds. The number of carboxylic acid groups (broad SMARTS) is 1. The minimum absolute atomic E-state index is 0.0161. The van der Waals surface area contributed by atoms with Gasteiger partial charge in [0.1, 0.15) is 5.76 Å². The van der Waals surface area contributed by atoms with Crippen molar-refractivity contribution in [2.24, 2.45) is 0 Å². The van der Waals surface area contributed by atoms with E-state index in [1.165, 1.54) is 19.2 Å². The van der Waals surface area contributed by atoms with Gasteiger partial charge in [0, 0.05) is 13.1 Å². The molecule has 0 unspecified atom stereocenters. The second-order valence-electron chi connectivity index (χ2n) is 5.41. The predicted molar refractivity (Wildman–Crippen MR) is 82.8 cm³/mol.